The Labute approximate surface area is 162 Å². The maximum atomic E-state index is 13.2. The van der Waals surface area contributed by atoms with Gasteiger partial charge in [0, 0.05) is 40.2 Å². The number of nitrogens with zero attached hydrogens (tertiary/aromatic N) is 1. The Morgan fingerprint density at radius 2 is 1.85 bits per heavy atom. The Kier molecular flexibility index (Phi) is 4.69. The first-order chi connectivity index (χ1) is 13.2. The molecule has 0 aliphatic carbocycles. The van der Waals surface area contributed by atoms with Crippen molar-refractivity contribution in [3.8, 4) is 5.75 Å². The number of H-pyrrole nitrogens is 1. The number of fused-ring (bicyclic) bond motifs is 1. The van der Waals surface area contributed by atoms with E-state index in [9.17, 15) is 4.79 Å². The summed E-state index contributed by atoms with van der Waals surface area (Å²) in [4.78, 5) is 19.5. The minimum Gasteiger partial charge on any atom is -0.497 e. The molecule has 1 amide bonds. The highest BCUT2D eigenvalue weighted by molar-refractivity contribution is 7.10. The molecule has 4 aromatic rings. The number of aromatic nitrogens is 1. The van der Waals surface area contributed by atoms with Crippen LogP contribution in [0.1, 0.15) is 26.8 Å². The first kappa shape index (κ1) is 17.4. The molecule has 27 heavy (non-hydrogen) atoms. The van der Waals surface area contributed by atoms with E-state index in [4.69, 9.17) is 4.74 Å². The van der Waals surface area contributed by atoms with E-state index >= 15 is 0 Å². The number of rotatable bonds is 5. The van der Waals surface area contributed by atoms with Crippen molar-refractivity contribution in [3.63, 3.8) is 0 Å². The number of hydrogen-bond donors (Lipinski definition) is 1. The number of para-hydroxylation sites is 1. The average Bonchev–Trinajstić information content (AvgIpc) is 3.39. The molecule has 0 saturated heterocycles. The number of carbonyl (C=O) groups is 1. The van der Waals surface area contributed by atoms with E-state index in [1.165, 1.54) is 0 Å². The van der Waals surface area contributed by atoms with Crippen LogP contribution in [-0.2, 0) is 0 Å². The van der Waals surface area contributed by atoms with Crippen molar-refractivity contribution in [2.45, 2.75) is 6.04 Å². The van der Waals surface area contributed by atoms with Gasteiger partial charge in [0.25, 0.3) is 5.91 Å². The second-order valence-electron chi connectivity index (χ2n) is 6.35. The lowest BCUT2D eigenvalue weighted by Gasteiger charge is -2.27. The van der Waals surface area contributed by atoms with Crippen LogP contribution in [-0.4, -0.2) is 29.9 Å². The van der Waals surface area contributed by atoms with Gasteiger partial charge in [-0.25, -0.2) is 0 Å². The van der Waals surface area contributed by atoms with Crippen molar-refractivity contribution < 1.29 is 9.53 Å². The number of amides is 1. The summed E-state index contributed by atoms with van der Waals surface area (Å²) in [6.45, 7) is 0. The van der Waals surface area contributed by atoms with E-state index in [1.54, 1.807) is 30.6 Å². The van der Waals surface area contributed by atoms with Gasteiger partial charge in [-0.2, -0.15) is 0 Å². The lowest BCUT2D eigenvalue weighted by atomic mass is 10.0. The second kappa shape index (κ2) is 7.29. The Hall–Kier alpha value is -3.05. The molecule has 0 radical (unpaired) electrons. The number of hydrogen-bond acceptors (Lipinski definition) is 3. The minimum absolute atomic E-state index is 0.0265. The maximum absolute atomic E-state index is 13.2. The summed E-state index contributed by atoms with van der Waals surface area (Å²) in [7, 11) is 3.48. The standard InChI is InChI=1S/C22H20N2O2S/c1-24(22(25)15-9-11-16(26-2)12-10-15)21(20-8-5-13-27-20)18-14-23-19-7-4-3-6-17(18)19/h3-14,21,23H,1-2H3. The third-order valence-electron chi connectivity index (χ3n) is 4.77. The molecule has 4 nitrogen and oxygen atoms in total. The quantitative estimate of drug-likeness (QED) is 0.527. The van der Waals surface area contributed by atoms with Gasteiger partial charge in [0.15, 0.2) is 0 Å². The van der Waals surface area contributed by atoms with Crippen LogP contribution >= 0.6 is 11.3 Å². The second-order valence-corrected chi connectivity index (χ2v) is 7.33. The number of ether oxygens (including phenoxy) is 1. The summed E-state index contributed by atoms with van der Waals surface area (Å²) < 4.78 is 5.20. The van der Waals surface area contributed by atoms with Crippen LogP contribution in [0.5, 0.6) is 5.75 Å². The first-order valence-corrected chi connectivity index (χ1v) is 9.57. The molecule has 2 aromatic carbocycles. The zero-order valence-corrected chi connectivity index (χ0v) is 16.0. The maximum Gasteiger partial charge on any atom is 0.254 e. The molecule has 5 heteroatoms. The van der Waals surface area contributed by atoms with Crippen molar-refractivity contribution in [3.05, 3.63) is 88.2 Å². The number of carbonyl (C=O) groups excluding carboxylic acids is 1. The van der Waals surface area contributed by atoms with Gasteiger partial charge >= 0.3 is 0 Å². The first-order valence-electron chi connectivity index (χ1n) is 8.69. The van der Waals surface area contributed by atoms with Crippen molar-refractivity contribution in [2.24, 2.45) is 0 Å². The predicted molar refractivity (Wildman–Crippen MR) is 110 cm³/mol. The summed E-state index contributed by atoms with van der Waals surface area (Å²) >= 11 is 1.66. The molecule has 0 saturated carbocycles. The van der Waals surface area contributed by atoms with Crippen LogP contribution in [0.15, 0.2) is 72.2 Å². The van der Waals surface area contributed by atoms with Crippen LogP contribution in [0.2, 0.25) is 0 Å². The van der Waals surface area contributed by atoms with E-state index in [0.717, 1.165) is 27.1 Å². The summed E-state index contributed by atoms with van der Waals surface area (Å²) in [6, 6.07) is 19.4. The Balaban J connectivity index is 1.75. The molecule has 1 unspecified atom stereocenters. The third-order valence-corrected chi connectivity index (χ3v) is 5.70. The van der Waals surface area contributed by atoms with Crippen molar-refractivity contribution >= 4 is 28.1 Å². The minimum atomic E-state index is -0.157. The van der Waals surface area contributed by atoms with E-state index in [0.29, 0.717) is 5.56 Å². The zero-order valence-electron chi connectivity index (χ0n) is 15.2. The predicted octanol–water partition coefficient (Wildman–Crippen LogP) is 5.10. The summed E-state index contributed by atoms with van der Waals surface area (Å²) in [5, 5.41) is 3.17. The lowest BCUT2D eigenvalue weighted by molar-refractivity contribution is 0.0758. The Bertz CT molecular complexity index is 1050. The summed E-state index contributed by atoms with van der Waals surface area (Å²) in [5.74, 6) is 0.710. The molecule has 2 heterocycles. The fourth-order valence-electron chi connectivity index (χ4n) is 3.37. The lowest BCUT2D eigenvalue weighted by Crippen LogP contribution is -2.31. The van der Waals surface area contributed by atoms with Gasteiger partial charge < -0.3 is 14.6 Å². The van der Waals surface area contributed by atoms with Gasteiger partial charge in [0.2, 0.25) is 0 Å². The van der Waals surface area contributed by atoms with E-state index in [-0.39, 0.29) is 11.9 Å². The largest absolute Gasteiger partial charge is 0.497 e. The van der Waals surface area contributed by atoms with Gasteiger partial charge in [-0.05, 0) is 41.8 Å². The number of methoxy groups -OCH3 is 1. The smallest absolute Gasteiger partial charge is 0.254 e. The van der Waals surface area contributed by atoms with Crippen molar-refractivity contribution in [1.29, 1.82) is 0 Å². The average molecular weight is 376 g/mol. The van der Waals surface area contributed by atoms with E-state index < -0.39 is 0 Å². The van der Waals surface area contributed by atoms with Gasteiger partial charge in [-0.15, -0.1) is 11.3 Å². The fraction of sp³-hybridized carbons (Fsp3) is 0.136. The number of thiophene rings is 1. The molecule has 0 fully saturated rings. The molecule has 0 bridgehead atoms. The molecule has 0 spiro atoms. The molecule has 1 atom stereocenters. The highest BCUT2D eigenvalue weighted by atomic mass is 32.1. The van der Waals surface area contributed by atoms with Crippen LogP contribution < -0.4 is 4.74 Å². The van der Waals surface area contributed by atoms with Crippen LogP contribution in [0.3, 0.4) is 0 Å². The molecule has 136 valence electrons. The number of benzene rings is 2. The summed E-state index contributed by atoms with van der Waals surface area (Å²) in [5.41, 5.74) is 2.80. The summed E-state index contributed by atoms with van der Waals surface area (Å²) in [6.07, 6.45) is 2.01. The van der Waals surface area contributed by atoms with Gasteiger partial charge in [-0.1, -0.05) is 24.3 Å². The van der Waals surface area contributed by atoms with E-state index in [1.807, 2.05) is 53.9 Å². The SMILES string of the molecule is COc1ccc(C(=O)N(C)C(c2cccs2)c2c[nH]c3ccccc23)cc1. The van der Waals surface area contributed by atoms with Crippen LogP contribution in [0, 0.1) is 0 Å². The Morgan fingerprint density at radius 3 is 2.56 bits per heavy atom. The zero-order chi connectivity index (χ0) is 18.8. The monoisotopic (exact) mass is 376 g/mol. The molecule has 0 aliphatic rings. The molecule has 4 rings (SSSR count). The molecule has 2 aromatic heterocycles. The van der Waals surface area contributed by atoms with Gasteiger partial charge in [0.05, 0.1) is 13.2 Å². The number of nitrogens with one attached hydrogen (secondary N) is 1. The van der Waals surface area contributed by atoms with Crippen molar-refractivity contribution in [1.82, 2.24) is 9.88 Å². The Morgan fingerprint density at radius 1 is 1.07 bits per heavy atom. The molecular formula is C22H20N2O2S. The molecule has 0 aliphatic heterocycles. The molecular weight excluding hydrogens is 356 g/mol. The van der Waals surface area contributed by atoms with Crippen molar-refractivity contribution in [2.75, 3.05) is 14.2 Å². The normalized spacial score (nSPS) is 12.1. The van der Waals surface area contributed by atoms with Crippen LogP contribution in [0.25, 0.3) is 10.9 Å². The highest BCUT2D eigenvalue weighted by Crippen LogP contribution is 2.36. The van der Waals surface area contributed by atoms with E-state index in [2.05, 4.69) is 23.2 Å². The number of aromatic amines is 1. The fourth-order valence-corrected chi connectivity index (χ4v) is 4.26. The highest BCUT2D eigenvalue weighted by Gasteiger charge is 2.27. The molecule has 1 N–H and O–H groups in total. The van der Waals surface area contributed by atoms with Crippen LogP contribution in [0.4, 0.5) is 0 Å². The van der Waals surface area contributed by atoms with Gasteiger partial charge in [0.1, 0.15) is 5.75 Å². The van der Waals surface area contributed by atoms with Gasteiger partial charge in [-0.3, -0.25) is 4.79 Å². The topological polar surface area (TPSA) is 45.3 Å². The third kappa shape index (κ3) is 3.22.